The lowest BCUT2D eigenvalue weighted by molar-refractivity contribution is -0.142. The molecule has 0 saturated carbocycles. The molecule has 0 aromatic rings. The van der Waals surface area contributed by atoms with Crippen LogP contribution in [0.25, 0.3) is 0 Å². The number of rotatable bonds is 47. The first kappa shape index (κ1) is 71.5. The van der Waals surface area contributed by atoms with Crippen LogP contribution >= 0.6 is 43.2 Å². The number of hydrogen-bond acceptors (Lipinski definition) is 15. The summed E-state index contributed by atoms with van der Waals surface area (Å²) in [6, 6.07) is -1.91. The van der Waals surface area contributed by atoms with Crippen molar-refractivity contribution in [1.82, 2.24) is 31.4 Å². The number of carboxylic acids is 3. The molecule has 0 aliphatic heterocycles. The molecule has 410 valence electrons. The third kappa shape index (κ3) is 51.6. The van der Waals surface area contributed by atoms with Crippen LogP contribution in [-0.4, -0.2) is 165 Å². The Morgan fingerprint density at radius 1 is 0.486 bits per heavy atom. The van der Waals surface area contributed by atoms with E-state index in [1.807, 2.05) is 20.1 Å². The van der Waals surface area contributed by atoms with Gasteiger partial charge in [-0.25, -0.2) is 4.79 Å². The average Bonchev–Trinajstić information content (AvgIpc) is 3.32. The van der Waals surface area contributed by atoms with Gasteiger partial charge < -0.3 is 55.5 Å². The van der Waals surface area contributed by atoms with E-state index < -0.39 is 30.0 Å². The van der Waals surface area contributed by atoms with E-state index >= 15 is 0 Å². The lowest BCUT2D eigenvalue weighted by Gasteiger charge is -2.14. The van der Waals surface area contributed by atoms with E-state index in [9.17, 15) is 43.5 Å². The summed E-state index contributed by atoms with van der Waals surface area (Å²) in [7, 11) is 4.49. The molecule has 0 bridgehead atoms. The van der Waals surface area contributed by atoms with Gasteiger partial charge in [0.15, 0.2) is 0 Å². The van der Waals surface area contributed by atoms with Gasteiger partial charge >= 0.3 is 17.9 Å². The van der Waals surface area contributed by atoms with Crippen molar-refractivity contribution in [2.24, 2.45) is 0 Å². The van der Waals surface area contributed by atoms with Crippen molar-refractivity contribution in [1.29, 1.82) is 0 Å². The number of amides is 4. The number of thiol groups is 1. The summed E-state index contributed by atoms with van der Waals surface area (Å²) in [6.45, 7) is 5.83. The van der Waals surface area contributed by atoms with Crippen molar-refractivity contribution in [3.8, 4) is 0 Å². The van der Waals surface area contributed by atoms with Crippen LogP contribution in [0.15, 0.2) is 0 Å². The van der Waals surface area contributed by atoms with Gasteiger partial charge in [-0.3, -0.25) is 43.7 Å². The van der Waals surface area contributed by atoms with Gasteiger partial charge in [0.2, 0.25) is 28.7 Å². The van der Waals surface area contributed by atoms with Crippen LogP contribution in [0.4, 0.5) is 0 Å². The zero-order chi connectivity index (χ0) is 53.0. The molecule has 0 heterocycles. The highest BCUT2D eigenvalue weighted by atomic mass is 32.2. The number of aliphatic carboxylic acids is 3. The highest BCUT2D eigenvalue weighted by Gasteiger charge is 2.21. The van der Waals surface area contributed by atoms with Gasteiger partial charge in [-0.15, -0.1) is 12.6 Å². The van der Waals surface area contributed by atoms with Crippen LogP contribution in [-0.2, 0) is 57.3 Å². The van der Waals surface area contributed by atoms with Crippen molar-refractivity contribution in [2.45, 2.75) is 154 Å². The standard InChI is InChI=1S/C39H72N5O14P.C4H10NOPS2.C2H6/c45-33(19-18-31(38(51)52)43-34(46)16-11-9-7-5-3-1-2-4-6-8-10-12-17-37(49)50)41-21-23-55-25-28-58-30-36(48)42-22-24-56-26-27-57-29-35(47)40-20-14-13-15-32(44-59)39(53)54;1-9-2-3(5-7)4(6)8;1-2/h31-32,44H,1-30,59H2,(H,40,47)(H,41,45)(H,42,48)(H,43,46)(H,49,50)(H,51,52)(H,53,54);3,5H,2,7H2,1H3,(H,6,8);1-2H3. The topological polar surface area (TPSA) is 306 Å². The fraction of sp³-hybridized carbons (Fsp3) is 0.822. The number of carbonyl (C=O) groups excluding carboxylic acids is 5. The molecule has 5 atom stereocenters. The predicted octanol–water partition coefficient (Wildman–Crippen LogP) is 3.88. The molecule has 4 amide bonds. The first-order chi connectivity index (χ1) is 33.7. The van der Waals surface area contributed by atoms with Crippen LogP contribution in [0.3, 0.4) is 0 Å². The molecule has 0 aliphatic rings. The van der Waals surface area contributed by atoms with E-state index in [0.29, 0.717) is 32.2 Å². The van der Waals surface area contributed by atoms with E-state index in [2.05, 4.69) is 62.9 Å². The number of hydrogen-bond donors (Lipinski definition) is 10. The second-order valence-electron chi connectivity index (χ2n) is 15.6. The van der Waals surface area contributed by atoms with Gasteiger partial charge in [-0.1, -0.05) is 96.8 Å². The Bertz CT molecular complexity index is 1380. The highest BCUT2D eigenvalue weighted by molar-refractivity contribution is 7.99. The Morgan fingerprint density at radius 3 is 1.33 bits per heavy atom. The lowest BCUT2D eigenvalue weighted by atomic mass is 10.0. The molecule has 0 spiro atoms. The van der Waals surface area contributed by atoms with Crippen molar-refractivity contribution in [3.63, 3.8) is 0 Å². The largest absolute Gasteiger partial charge is 0.481 e. The summed E-state index contributed by atoms with van der Waals surface area (Å²) in [4.78, 5) is 91.7. The molecule has 9 N–H and O–H groups in total. The summed E-state index contributed by atoms with van der Waals surface area (Å²) in [6.07, 6.45) is 16.4. The van der Waals surface area contributed by atoms with Gasteiger partial charge in [0.05, 0.1) is 45.7 Å². The third-order valence-corrected chi connectivity index (χ3v) is 11.5. The molecule has 70 heavy (non-hydrogen) atoms. The van der Waals surface area contributed by atoms with Crippen LogP contribution < -0.4 is 31.4 Å². The molecule has 21 nitrogen and oxygen atoms in total. The fourth-order valence-corrected chi connectivity index (χ4v) is 7.71. The minimum absolute atomic E-state index is 0.0353. The van der Waals surface area contributed by atoms with Crippen molar-refractivity contribution < 1.29 is 72.6 Å². The number of thioether (sulfide) groups is 1. The molecule has 25 heteroatoms. The van der Waals surface area contributed by atoms with Gasteiger partial charge in [0.25, 0.3) is 0 Å². The fourth-order valence-electron chi connectivity index (χ4n) is 5.95. The first-order valence-electron chi connectivity index (χ1n) is 24.4. The zero-order valence-corrected chi connectivity index (χ0v) is 45.9. The maximum absolute atomic E-state index is 12.3. The quantitative estimate of drug-likeness (QED) is 0.0235. The second kappa shape index (κ2) is 54.1. The van der Waals surface area contributed by atoms with Crippen LogP contribution in [0.1, 0.15) is 136 Å². The Kier molecular flexibility index (Phi) is 55.2. The number of ether oxygens (including phenoxy) is 4. The molecular formula is C45H88N6O15P2S2. The van der Waals surface area contributed by atoms with Crippen molar-refractivity contribution in [3.05, 3.63) is 0 Å². The molecule has 0 radical (unpaired) electrons. The molecule has 0 fully saturated rings. The van der Waals surface area contributed by atoms with Crippen LogP contribution in [0.5, 0.6) is 0 Å². The SMILES string of the molecule is CC.CSCC(NP)C(=O)S.O=C(O)CCCCCCCCCCCCCCC(=O)NC(CCC(=O)NCCOCCOCC(=O)NCCOCCOCC(=O)NCCCCC(NP)C(=O)O)C(=O)O. The van der Waals surface area contributed by atoms with Gasteiger partial charge in [0.1, 0.15) is 25.3 Å². The first-order valence-corrected chi connectivity index (χ1v) is 27.4. The maximum Gasteiger partial charge on any atom is 0.326 e. The third-order valence-electron chi connectivity index (χ3n) is 9.76. The monoisotopic (exact) mass is 1080 g/mol. The minimum Gasteiger partial charge on any atom is -0.481 e. The molecule has 0 aromatic heterocycles. The van der Waals surface area contributed by atoms with Crippen molar-refractivity contribution >= 4 is 89.8 Å². The number of nitrogens with one attached hydrogen (secondary N) is 6. The second-order valence-corrected chi connectivity index (χ2v) is 17.6. The minimum atomic E-state index is -1.19. The maximum atomic E-state index is 12.3. The average molecular weight is 1080 g/mol. The molecule has 0 aromatic carbocycles. The normalized spacial score (nSPS) is 11.9. The van der Waals surface area contributed by atoms with Crippen LogP contribution in [0.2, 0.25) is 0 Å². The predicted molar refractivity (Wildman–Crippen MR) is 282 cm³/mol. The lowest BCUT2D eigenvalue weighted by Crippen LogP contribution is -2.41. The van der Waals surface area contributed by atoms with Gasteiger partial charge in [-0.05, 0) is 44.8 Å². The van der Waals surface area contributed by atoms with Crippen molar-refractivity contribution in [2.75, 3.05) is 84.5 Å². The van der Waals surface area contributed by atoms with Crippen LogP contribution in [0, 0.1) is 0 Å². The molecule has 5 unspecified atom stereocenters. The van der Waals surface area contributed by atoms with Gasteiger partial charge in [0, 0.05) is 44.6 Å². The summed E-state index contributed by atoms with van der Waals surface area (Å²) in [5.74, 6) is -3.38. The summed E-state index contributed by atoms with van der Waals surface area (Å²) in [5.41, 5.74) is 0. The van der Waals surface area contributed by atoms with E-state index in [-0.39, 0.29) is 126 Å². The van der Waals surface area contributed by atoms with E-state index in [1.165, 1.54) is 19.3 Å². The Labute approximate surface area is 430 Å². The number of unbranched alkanes of at least 4 members (excludes halogenated alkanes) is 12. The smallest absolute Gasteiger partial charge is 0.326 e. The molecule has 0 aliphatic carbocycles. The van der Waals surface area contributed by atoms with Gasteiger partial charge in [-0.2, -0.15) is 11.8 Å². The molecular weight excluding hydrogens is 991 g/mol. The highest BCUT2D eigenvalue weighted by Crippen LogP contribution is 2.13. The molecule has 0 saturated heterocycles. The number of carbonyl (C=O) groups is 8. The summed E-state index contributed by atoms with van der Waals surface area (Å²) < 4.78 is 21.2. The molecule has 0 rings (SSSR count). The summed E-state index contributed by atoms with van der Waals surface area (Å²) in [5, 5.41) is 42.9. The Hall–Kier alpha value is -2.72. The Morgan fingerprint density at radius 2 is 0.914 bits per heavy atom. The zero-order valence-electron chi connectivity index (χ0n) is 41.9. The Balaban J connectivity index is -0.00000363. The summed E-state index contributed by atoms with van der Waals surface area (Å²) >= 11 is 5.30. The van der Waals surface area contributed by atoms with E-state index in [4.69, 9.17) is 29.2 Å². The number of carboxylic acid groups (broad SMARTS) is 3. The van der Waals surface area contributed by atoms with E-state index in [0.717, 1.165) is 57.1 Å². The van der Waals surface area contributed by atoms with E-state index in [1.54, 1.807) is 11.8 Å².